The number of hydrogen-bond acceptors (Lipinski definition) is 2. The first-order valence-corrected chi connectivity index (χ1v) is 4.55. The predicted octanol–water partition coefficient (Wildman–Crippen LogP) is 1.33. The van der Waals surface area contributed by atoms with Gasteiger partial charge in [0.15, 0.2) is 5.96 Å². The van der Waals surface area contributed by atoms with Gasteiger partial charge in [0.1, 0.15) is 0 Å². The quantitative estimate of drug-likeness (QED) is 0.368. The summed E-state index contributed by atoms with van der Waals surface area (Å²) in [7, 11) is 0. The molecule has 6 N–H and O–H groups in total. The van der Waals surface area contributed by atoms with E-state index in [1.54, 1.807) is 12.1 Å². The highest BCUT2D eigenvalue weighted by Gasteiger charge is 2.02. The van der Waals surface area contributed by atoms with Crippen LogP contribution in [0.2, 0.25) is 0 Å². The van der Waals surface area contributed by atoms with Crippen molar-refractivity contribution in [1.82, 2.24) is 0 Å². The Hall–Kier alpha value is -2.23. The molecule has 0 bridgehead atoms. The zero-order chi connectivity index (χ0) is 10.8. The van der Waals surface area contributed by atoms with E-state index in [0.29, 0.717) is 0 Å². The lowest BCUT2D eigenvalue weighted by Crippen LogP contribution is -2.21. The molecule has 0 radical (unpaired) electrons. The van der Waals surface area contributed by atoms with Gasteiger partial charge in [-0.25, -0.2) is 4.99 Å². The Kier molecular flexibility index (Phi) is 2.17. The number of nitrogens with two attached hydrogens (primary N) is 3. The van der Waals surface area contributed by atoms with Gasteiger partial charge in [0.2, 0.25) is 0 Å². The van der Waals surface area contributed by atoms with Gasteiger partial charge in [0.25, 0.3) is 0 Å². The molecule has 4 heteroatoms. The number of hydrogen-bond donors (Lipinski definition) is 3. The third-order valence-electron chi connectivity index (χ3n) is 2.18. The van der Waals surface area contributed by atoms with Crippen molar-refractivity contribution in [3.8, 4) is 0 Å². The van der Waals surface area contributed by atoms with Gasteiger partial charge in [0, 0.05) is 16.5 Å². The molecule has 15 heavy (non-hydrogen) atoms. The van der Waals surface area contributed by atoms with Gasteiger partial charge in [-0.1, -0.05) is 24.3 Å². The minimum absolute atomic E-state index is 0.0462. The van der Waals surface area contributed by atoms with Gasteiger partial charge in [-0.05, 0) is 12.1 Å². The summed E-state index contributed by atoms with van der Waals surface area (Å²) in [6.07, 6.45) is 0. The number of benzene rings is 2. The molecular weight excluding hydrogens is 188 g/mol. The van der Waals surface area contributed by atoms with Gasteiger partial charge in [-0.3, -0.25) is 0 Å². The van der Waals surface area contributed by atoms with Gasteiger partial charge in [-0.15, -0.1) is 0 Å². The zero-order valence-corrected chi connectivity index (χ0v) is 8.14. The van der Waals surface area contributed by atoms with Crippen LogP contribution < -0.4 is 17.2 Å². The molecule has 2 rings (SSSR count). The van der Waals surface area contributed by atoms with E-state index in [0.717, 1.165) is 22.1 Å². The number of anilines is 1. The third-order valence-corrected chi connectivity index (χ3v) is 2.18. The lowest BCUT2D eigenvalue weighted by molar-refractivity contribution is 1.44. The van der Waals surface area contributed by atoms with E-state index >= 15 is 0 Å². The Balaban J connectivity index is 2.77. The standard InChI is InChI=1S/C11H12N4/c12-9-5-6-10(15-11(13)14)8-4-2-1-3-7(8)9/h1-6H,12H2,(H4,13,14,15). The summed E-state index contributed by atoms with van der Waals surface area (Å²) in [4.78, 5) is 4.05. The van der Waals surface area contributed by atoms with Crippen LogP contribution >= 0.6 is 0 Å². The van der Waals surface area contributed by atoms with Gasteiger partial charge in [0.05, 0.1) is 5.69 Å². The molecule has 0 spiro atoms. The van der Waals surface area contributed by atoms with Crippen molar-refractivity contribution in [3.63, 3.8) is 0 Å². The number of rotatable bonds is 1. The van der Waals surface area contributed by atoms with Crippen LogP contribution in [0.25, 0.3) is 10.8 Å². The summed E-state index contributed by atoms with van der Waals surface area (Å²) < 4.78 is 0. The maximum absolute atomic E-state index is 5.84. The largest absolute Gasteiger partial charge is 0.398 e. The summed E-state index contributed by atoms with van der Waals surface area (Å²) in [6, 6.07) is 11.3. The molecule has 2 aromatic rings. The molecule has 0 aliphatic heterocycles. The first-order chi connectivity index (χ1) is 7.18. The first-order valence-electron chi connectivity index (χ1n) is 4.55. The molecule has 0 atom stereocenters. The number of aliphatic imine (C=N–C) groups is 1. The van der Waals surface area contributed by atoms with Crippen LogP contribution in [-0.4, -0.2) is 5.96 Å². The van der Waals surface area contributed by atoms with Crippen LogP contribution in [0.4, 0.5) is 11.4 Å². The van der Waals surface area contributed by atoms with Crippen LogP contribution in [-0.2, 0) is 0 Å². The average molecular weight is 200 g/mol. The van der Waals surface area contributed by atoms with E-state index in [2.05, 4.69) is 4.99 Å². The van der Waals surface area contributed by atoms with Crippen molar-refractivity contribution in [1.29, 1.82) is 0 Å². The minimum Gasteiger partial charge on any atom is -0.398 e. The maximum Gasteiger partial charge on any atom is 0.191 e. The van der Waals surface area contributed by atoms with Crippen molar-refractivity contribution >= 4 is 28.1 Å². The summed E-state index contributed by atoms with van der Waals surface area (Å²) in [5, 5.41) is 1.91. The number of nitrogens with zero attached hydrogens (tertiary/aromatic N) is 1. The minimum atomic E-state index is 0.0462. The molecule has 0 aliphatic carbocycles. The van der Waals surface area contributed by atoms with E-state index in [4.69, 9.17) is 17.2 Å². The molecule has 0 fully saturated rings. The predicted molar refractivity (Wildman–Crippen MR) is 63.8 cm³/mol. The lowest BCUT2D eigenvalue weighted by Gasteiger charge is -2.04. The summed E-state index contributed by atoms with van der Waals surface area (Å²) >= 11 is 0. The molecule has 0 unspecified atom stereocenters. The summed E-state index contributed by atoms with van der Waals surface area (Å²) in [6.45, 7) is 0. The SMILES string of the molecule is NC(N)=Nc1ccc(N)c2ccccc12. The maximum atomic E-state index is 5.84. The topological polar surface area (TPSA) is 90.4 Å². The molecule has 0 aliphatic rings. The van der Waals surface area contributed by atoms with E-state index < -0.39 is 0 Å². The molecule has 76 valence electrons. The highest BCUT2D eigenvalue weighted by Crippen LogP contribution is 2.29. The van der Waals surface area contributed by atoms with E-state index in [9.17, 15) is 0 Å². The summed E-state index contributed by atoms with van der Waals surface area (Å²) in [5.74, 6) is 0.0462. The highest BCUT2D eigenvalue weighted by molar-refractivity contribution is 6.01. The Bertz CT molecular complexity index is 527. The molecule has 0 saturated heterocycles. The second-order valence-corrected chi connectivity index (χ2v) is 3.26. The fraction of sp³-hybridized carbons (Fsp3) is 0. The normalized spacial score (nSPS) is 10.1. The second-order valence-electron chi connectivity index (χ2n) is 3.26. The Morgan fingerprint density at radius 3 is 2.27 bits per heavy atom. The van der Waals surface area contributed by atoms with E-state index in [-0.39, 0.29) is 5.96 Å². The summed E-state index contributed by atoms with van der Waals surface area (Å²) in [5.41, 5.74) is 18.0. The van der Waals surface area contributed by atoms with Crippen molar-refractivity contribution in [2.45, 2.75) is 0 Å². The highest BCUT2D eigenvalue weighted by atomic mass is 15.0. The zero-order valence-electron chi connectivity index (χ0n) is 8.14. The molecule has 4 nitrogen and oxygen atoms in total. The van der Waals surface area contributed by atoms with Crippen LogP contribution in [0, 0.1) is 0 Å². The van der Waals surface area contributed by atoms with Crippen LogP contribution in [0.5, 0.6) is 0 Å². The Morgan fingerprint density at radius 1 is 0.933 bits per heavy atom. The number of fused-ring (bicyclic) bond motifs is 1. The number of nitrogen functional groups attached to an aromatic ring is 1. The van der Waals surface area contributed by atoms with Crippen LogP contribution in [0.15, 0.2) is 41.4 Å². The van der Waals surface area contributed by atoms with Crippen molar-refractivity contribution < 1.29 is 0 Å². The average Bonchev–Trinajstić information content (AvgIpc) is 2.22. The van der Waals surface area contributed by atoms with E-state index in [1.807, 2.05) is 24.3 Å². The van der Waals surface area contributed by atoms with Gasteiger partial charge < -0.3 is 17.2 Å². The first kappa shape index (κ1) is 9.33. The molecule has 0 aromatic heterocycles. The molecule has 0 saturated carbocycles. The van der Waals surface area contributed by atoms with Crippen molar-refractivity contribution in [2.24, 2.45) is 16.5 Å². The smallest absolute Gasteiger partial charge is 0.191 e. The van der Waals surface area contributed by atoms with Gasteiger partial charge in [-0.2, -0.15) is 0 Å². The van der Waals surface area contributed by atoms with Crippen molar-refractivity contribution in [3.05, 3.63) is 36.4 Å². The Labute approximate surface area is 87.4 Å². The molecule has 0 heterocycles. The molecular formula is C11H12N4. The lowest BCUT2D eigenvalue weighted by atomic mass is 10.1. The van der Waals surface area contributed by atoms with Crippen molar-refractivity contribution in [2.75, 3.05) is 5.73 Å². The Morgan fingerprint density at radius 2 is 1.60 bits per heavy atom. The monoisotopic (exact) mass is 200 g/mol. The molecule has 2 aromatic carbocycles. The molecule has 0 amide bonds. The van der Waals surface area contributed by atoms with Gasteiger partial charge >= 0.3 is 0 Å². The number of guanidine groups is 1. The van der Waals surface area contributed by atoms with E-state index in [1.165, 1.54) is 0 Å². The second kappa shape index (κ2) is 3.49. The fourth-order valence-electron chi connectivity index (χ4n) is 1.54. The van der Waals surface area contributed by atoms with Crippen LogP contribution in [0.3, 0.4) is 0 Å². The van der Waals surface area contributed by atoms with Crippen LogP contribution in [0.1, 0.15) is 0 Å². The fourth-order valence-corrected chi connectivity index (χ4v) is 1.54. The third kappa shape index (κ3) is 1.69.